The zero-order valence-corrected chi connectivity index (χ0v) is 20.7. The molecule has 2 amide bonds. The number of anilines is 1. The minimum Gasteiger partial charge on any atom is -0.331 e. The summed E-state index contributed by atoms with van der Waals surface area (Å²) in [6.45, 7) is 16.1. The number of benzene rings is 1. The van der Waals surface area contributed by atoms with Crippen LogP contribution in [0.3, 0.4) is 0 Å². The Hall–Kier alpha value is -2.34. The molecule has 0 atom stereocenters. The average Bonchev–Trinajstić information content (AvgIpc) is 3.02. The van der Waals surface area contributed by atoms with E-state index in [0.717, 1.165) is 11.4 Å². The van der Waals surface area contributed by atoms with E-state index in [1.165, 1.54) is 0 Å². The van der Waals surface area contributed by atoms with Gasteiger partial charge < -0.3 is 10.2 Å². The summed E-state index contributed by atoms with van der Waals surface area (Å²) in [6, 6.07) is 9.07. The van der Waals surface area contributed by atoms with E-state index in [4.69, 9.17) is 16.7 Å². The molecule has 0 saturated carbocycles. The van der Waals surface area contributed by atoms with Gasteiger partial charge in [0.1, 0.15) is 12.4 Å². The van der Waals surface area contributed by atoms with Crippen LogP contribution in [0.4, 0.5) is 5.82 Å². The number of halogens is 1. The highest BCUT2D eigenvalue weighted by atomic mass is 35.5. The van der Waals surface area contributed by atoms with Crippen molar-refractivity contribution in [2.75, 3.05) is 11.9 Å². The van der Waals surface area contributed by atoms with Crippen molar-refractivity contribution in [1.82, 2.24) is 14.7 Å². The van der Waals surface area contributed by atoms with Gasteiger partial charge in [0, 0.05) is 29.0 Å². The van der Waals surface area contributed by atoms with Crippen molar-refractivity contribution in [3.05, 3.63) is 41.0 Å². The standard InChI is InChI=1S/C24H35ClN4O2/c1-16(2)28(22(31)14-23(3,4)5)15-21(30)26-20-13-19(24(6,7)8)27-29(20)18-11-9-17(25)10-12-18/h9-13,16H,14-15H2,1-8H3,(H,26,30). The monoisotopic (exact) mass is 446 g/mol. The first-order valence-electron chi connectivity index (χ1n) is 10.6. The number of amides is 2. The van der Waals surface area contributed by atoms with Crippen molar-refractivity contribution in [1.29, 1.82) is 0 Å². The molecule has 6 nitrogen and oxygen atoms in total. The zero-order valence-electron chi connectivity index (χ0n) is 19.9. The first-order valence-corrected chi connectivity index (χ1v) is 11.0. The van der Waals surface area contributed by atoms with Gasteiger partial charge in [-0.3, -0.25) is 9.59 Å². The van der Waals surface area contributed by atoms with E-state index in [9.17, 15) is 9.59 Å². The molecule has 0 spiro atoms. The predicted octanol–water partition coefficient (Wildman–Crippen LogP) is 5.43. The topological polar surface area (TPSA) is 67.2 Å². The van der Waals surface area contributed by atoms with Gasteiger partial charge in [-0.05, 0) is 43.5 Å². The van der Waals surface area contributed by atoms with Crippen molar-refractivity contribution < 1.29 is 9.59 Å². The van der Waals surface area contributed by atoms with Gasteiger partial charge in [0.25, 0.3) is 0 Å². The second-order valence-corrected chi connectivity index (χ2v) is 10.9. The van der Waals surface area contributed by atoms with Crippen LogP contribution < -0.4 is 5.32 Å². The van der Waals surface area contributed by atoms with Gasteiger partial charge in [-0.25, -0.2) is 4.68 Å². The van der Waals surface area contributed by atoms with E-state index in [0.29, 0.717) is 17.3 Å². The van der Waals surface area contributed by atoms with E-state index >= 15 is 0 Å². The van der Waals surface area contributed by atoms with Gasteiger partial charge in [0.05, 0.1) is 11.4 Å². The molecule has 0 radical (unpaired) electrons. The number of nitrogens with one attached hydrogen (secondary N) is 1. The van der Waals surface area contributed by atoms with Crippen LogP contribution in [0, 0.1) is 5.41 Å². The maximum atomic E-state index is 12.9. The molecule has 0 aliphatic rings. The van der Waals surface area contributed by atoms with Crippen molar-refractivity contribution in [2.45, 2.75) is 73.3 Å². The Morgan fingerprint density at radius 3 is 2.16 bits per heavy atom. The molecule has 31 heavy (non-hydrogen) atoms. The van der Waals surface area contributed by atoms with Gasteiger partial charge in [-0.15, -0.1) is 0 Å². The summed E-state index contributed by atoms with van der Waals surface area (Å²) in [5.74, 6) is 0.273. The van der Waals surface area contributed by atoms with Crippen molar-refractivity contribution in [2.24, 2.45) is 5.41 Å². The fraction of sp³-hybridized carbons (Fsp3) is 0.542. The molecular formula is C24H35ClN4O2. The van der Waals surface area contributed by atoms with Crippen molar-refractivity contribution >= 4 is 29.2 Å². The van der Waals surface area contributed by atoms with Crippen molar-refractivity contribution in [3.8, 4) is 5.69 Å². The minimum atomic E-state index is -0.258. The van der Waals surface area contributed by atoms with Gasteiger partial charge in [-0.1, -0.05) is 53.1 Å². The fourth-order valence-corrected chi connectivity index (χ4v) is 3.19. The smallest absolute Gasteiger partial charge is 0.245 e. The molecule has 1 heterocycles. The Morgan fingerprint density at radius 2 is 1.68 bits per heavy atom. The van der Waals surface area contributed by atoms with E-state index in [1.807, 2.05) is 52.8 Å². The largest absolute Gasteiger partial charge is 0.331 e. The molecule has 2 rings (SSSR count). The Labute approximate surface area is 191 Å². The van der Waals surface area contributed by atoms with Crippen LogP contribution in [0.5, 0.6) is 0 Å². The number of carbonyl (C=O) groups excluding carboxylic acids is 2. The molecule has 2 aromatic rings. The second-order valence-electron chi connectivity index (χ2n) is 10.5. The van der Waals surface area contributed by atoms with E-state index in [1.54, 1.807) is 21.7 Å². The molecule has 0 aliphatic heterocycles. The van der Waals surface area contributed by atoms with Crippen LogP contribution >= 0.6 is 11.6 Å². The summed E-state index contributed by atoms with van der Waals surface area (Å²) in [7, 11) is 0. The quantitative estimate of drug-likeness (QED) is 0.642. The lowest BCUT2D eigenvalue weighted by molar-refractivity contribution is -0.138. The van der Waals surface area contributed by atoms with E-state index < -0.39 is 0 Å². The molecule has 0 unspecified atom stereocenters. The Balaban J connectivity index is 2.29. The normalized spacial score (nSPS) is 12.2. The SMILES string of the molecule is CC(C)N(CC(=O)Nc1cc(C(C)(C)C)nn1-c1ccc(Cl)cc1)C(=O)CC(C)(C)C. The maximum absolute atomic E-state index is 12.9. The Kier molecular flexibility index (Phi) is 7.58. The van der Waals surface area contributed by atoms with Crippen LogP contribution in [0.15, 0.2) is 30.3 Å². The van der Waals surface area contributed by atoms with Crippen LogP contribution in [0.25, 0.3) is 5.69 Å². The number of hydrogen-bond acceptors (Lipinski definition) is 3. The first kappa shape index (κ1) is 24.9. The summed E-state index contributed by atoms with van der Waals surface area (Å²) in [5.41, 5.74) is 1.31. The Morgan fingerprint density at radius 1 is 1.10 bits per heavy atom. The molecule has 1 aromatic carbocycles. The van der Waals surface area contributed by atoms with Gasteiger partial charge in [0.15, 0.2) is 0 Å². The third-order valence-corrected chi connectivity index (χ3v) is 5.01. The number of nitrogens with zero attached hydrogens (tertiary/aromatic N) is 3. The highest BCUT2D eigenvalue weighted by Gasteiger charge is 2.26. The summed E-state index contributed by atoms with van der Waals surface area (Å²) in [4.78, 5) is 27.3. The second kappa shape index (κ2) is 9.43. The molecule has 170 valence electrons. The molecule has 1 aromatic heterocycles. The predicted molar refractivity (Wildman–Crippen MR) is 127 cm³/mol. The number of carbonyl (C=O) groups is 2. The summed E-state index contributed by atoms with van der Waals surface area (Å²) < 4.78 is 1.70. The highest BCUT2D eigenvalue weighted by molar-refractivity contribution is 6.30. The molecule has 7 heteroatoms. The van der Waals surface area contributed by atoms with Gasteiger partial charge in [0.2, 0.25) is 11.8 Å². The van der Waals surface area contributed by atoms with Crippen LogP contribution in [-0.4, -0.2) is 39.1 Å². The lowest BCUT2D eigenvalue weighted by Gasteiger charge is -2.29. The molecule has 0 saturated heterocycles. The first-order chi connectivity index (χ1) is 14.2. The lowest BCUT2D eigenvalue weighted by Crippen LogP contribution is -2.43. The minimum absolute atomic E-state index is 0.0107. The summed E-state index contributed by atoms with van der Waals surface area (Å²) in [5, 5.41) is 8.29. The number of aromatic nitrogens is 2. The zero-order chi connectivity index (χ0) is 23.6. The maximum Gasteiger partial charge on any atom is 0.245 e. The summed E-state index contributed by atoms with van der Waals surface area (Å²) >= 11 is 6.03. The molecule has 1 N–H and O–H groups in total. The lowest BCUT2D eigenvalue weighted by atomic mass is 9.91. The van der Waals surface area contributed by atoms with Crippen LogP contribution in [-0.2, 0) is 15.0 Å². The van der Waals surface area contributed by atoms with Crippen LogP contribution in [0.2, 0.25) is 5.02 Å². The van der Waals surface area contributed by atoms with Crippen molar-refractivity contribution in [3.63, 3.8) is 0 Å². The third kappa shape index (κ3) is 7.10. The fourth-order valence-electron chi connectivity index (χ4n) is 3.07. The van der Waals surface area contributed by atoms with Gasteiger partial charge in [-0.2, -0.15) is 5.10 Å². The Bertz CT molecular complexity index is 919. The number of hydrogen-bond donors (Lipinski definition) is 1. The van der Waals surface area contributed by atoms with Gasteiger partial charge >= 0.3 is 0 Å². The van der Waals surface area contributed by atoms with Crippen LogP contribution in [0.1, 0.15) is 67.5 Å². The van der Waals surface area contributed by atoms with E-state index in [2.05, 4.69) is 26.1 Å². The van der Waals surface area contributed by atoms with E-state index in [-0.39, 0.29) is 35.2 Å². The average molecular weight is 447 g/mol. The summed E-state index contributed by atoms with van der Waals surface area (Å²) in [6.07, 6.45) is 0.384. The molecule has 0 bridgehead atoms. The molecule has 0 aliphatic carbocycles. The molecule has 0 fully saturated rings. The number of rotatable bonds is 6. The highest BCUT2D eigenvalue weighted by Crippen LogP contribution is 2.27. The molecular weight excluding hydrogens is 412 g/mol. The third-order valence-electron chi connectivity index (χ3n) is 4.76.